The maximum absolute atomic E-state index is 4.37. The molecule has 0 unspecified atom stereocenters. The zero-order valence-electron chi connectivity index (χ0n) is 9.88. The maximum Gasteiger partial charge on any atom is 0.330 e. The largest absolute Gasteiger partial charge is 0.377 e. The zero-order valence-corrected chi connectivity index (χ0v) is 9.88. The first kappa shape index (κ1) is 10.6. The monoisotopic (exact) mass is 214 g/mol. The molecule has 0 fully saturated rings. The summed E-state index contributed by atoms with van der Waals surface area (Å²) in [4.78, 5) is 6.45. The van der Waals surface area contributed by atoms with E-state index in [-0.39, 0.29) is 0 Å². The van der Waals surface area contributed by atoms with Gasteiger partial charge in [0, 0.05) is 37.5 Å². The minimum absolute atomic E-state index is 0.979. The van der Waals surface area contributed by atoms with E-state index in [4.69, 9.17) is 0 Å². The quantitative estimate of drug-likeness (QED) is 0.709. The molecular formula is C13H16N3+. The van der Waals surface area contributed by atoms with Crippen LogP contribution >= 0.6 is 0 Å². The summed E-state index contributed by atoms with van der Waals surface area (Å²) in [5.41, 5.74) is 2.36. The van der Waals surface area contributed by atoms with Crippen molar-refractivity contribution in [2.75, 3.05) is 19.0 Å². The Bertz CT molecular complexity index is 475. The molecule has 0 amide bonds. The molecule has 82 valence electrons. The molecule has 0 saturated heterocycles. The lowest BCUT2D eigenvalue weighted by molar-refractivity contribution is -0.600. The van der Waals surface area contributed by atoms with Crippen molar-refractivity contribution in [3.05, 3.63) is 48.4 Å². The van der Waals surface area contributed by atoms with Gasteiger partial charge in [0.05, 0.1) is 12.4 Å². The van der Waals surface area contributed by atoms with Crippen molar-refractivity contribution in [3.8, 4) is 5.82 Å². The molecular weight excluding hydrogens is 198 g/mol. The molecule has 0 N–H and O–H groups in total. The van der Waals surface area contributed by atoms with E-state index in [0.29, 0.717) is 0 Å². The Kier molecular flexibility index (Phi) is 2.86. The fourth-order valence-corrected chi connectivity index (χ4v) is 1.61. The van der Waals surface area contributed by atoms with E-state index < -0.39 is 0 Å². The van der Waals surface area contributed by atoms with Gasteiger partial charge < -0.3 is 4.90 Å². The summed E-state index contributed by atoms with van der Waals surface area (Å²) < 4.78 is 2.03. The van der Waals surface area contributed by atoms with Crippen molar-refractivity contribution in [1.82, 2.24) is 4.98 Å². The lowest BCUT2D eigenvalue weighted by atomic mass is 10.3. The van der Waals surface area contributed by atoms with Crippen molar-refractivity contribution in [2.45, 2.75) is 6.92 Å². The average molecular weight is 214 g/mol. The Balaban J connectivity index is 2.39. The van der Waals surface area contributed by atoms with Crippen molar-refractivity contribution in [2.24, 2.45) is 0 Å². The highest BCUT2D eigenvalue weighted by molar-refractivity contribution is 5.41. The second kappa shape index (κ2) is 4.31. The van der Waals surface area contributed by atoms with Gasteiger partial charge in [-0.3, -0.25) is 0 Å². The van der Waals surface area contributed by atoms with Gasteiger partial charge in [0.1, 0.15) is 6.20 Å². The number of aryl methyl sites for hydroxylation is 1. The number of pyridine rings is 2. The van der Waals surface area contributed by atoms with Gasteiger partial charge in [-0.2, -0.15) is 0 Å². The maximum atomic E-state index is 4.37. The summed E-state index contributed by atoms with van der Waals surface area (Å²) in [6.07, 6.45) is 5.88. The average Bonchev–Trinajstić information content (AvgIpc) is 2.30. The first-order valence-electron chi connectivity index (χ1n) is 5.29. The van der Waals surface area contributed by atoms with Crippen LogP contribution in [0.25, 0.3) is 5.82 Å². The molecule has 0 aromatic carbocycles. The van der Waals surface area contributed by atoms with Gasteiger partial charge >= 0.3 is 5.82 Å². The molecule has 0 radical (unpaired) electrons. The van der Waals surface area contributed by atoms with Gasteiger partial charge in [0.15, 0.2) is 0 Å². The summed E-state index contributed by atoms with van der Waals surface area (Å²) in [6, 6.07) is 8.17. The van der Waals surface area contributed by atoms with Crippen molar-refractivity contribution in [3.63, 3.8) is 0 Å². The molecule has 2 heterocycles. The van der Waals surface area contributed by atoms with E-state index in [0.717, 1.165) is 5.82 Å². The normalized spacial score (nSPS) is 10.2. The molecule has 16 heavy (non-hydrogen) atoms. The van der Waals surface area contributed by atoms with Crippen LogP contribution in [0.15, 0.2) is 42.9 Å². The van der Waals surface area contributed by atoms with Gasteiger partial charge in [-0.1, -0.05) is 0 Å². The van der Waals surface area contributed by atoms with E-state index in [1.165, 1.54) is 11.3 Å². The number of hydrogen-bond donors (Lipinski definition) is 0. The van der Waals surface area contributed by atoms with Crippen LogP contribution < -0.4 is 9.47 Å². The van der Waals surface area contributed by atoms with Crippen molar-refractivity contribution >= 4 is 5.69 Å². The molecule has 2 aromatic heterocycles. The Morgan fingerprint density at radius 1 is 1.12 bits per heavy atom. The zero-order chi connectivity index (χ0) is 11.5. The molecule has 0 atom stereocenters. The van der Waals surface area contributed by atoms with Gasteiger partial charge in [0.2, 0.25) is 0 Å². The topological polar surface area (TPSA) is 20.0 Å². The standard InChI is InChI=1S/C13H16N3/c1-11-5-4-8-14-13(11)16-9-6-12(7-10-16)15(2)3/h4-10H,1-3H3/q+1. The highest BCUT2D eigenvalue weighted by Gasteiger charge is 2.09. The molecule has 0 spiro atoms. The highest BCUT2D eigenvalue weighted by atomic mass is 15.1. The van der Waals surface area contributed by atoms with E-state index in [1.807, 2.05) is 43.3 Å². The molecule has 0 aliphatic rings. The van der Waals surface area contributed by atoms with Gasteiger partial charge in [-0.05, 0) is 24.0 Å². The second-order valence-electron chi connectivity index (χ2n) is 4.00. The Morgan fingerprint density at radius 2 is 1.81 bits per heavy atom. The molecule has 0 bridgehead atoms. The fraction of sp³-hybridized carbons (Fsp3) is 0.231. The summed E-state index contributed by atoms with van der Waals surface area (Å²) in [7, 11) is 4.07. The van der Waals surface area contributed by atoms with Gasteiger partial charge in [0.25, 0.3) is 0 Å². The second-order valence-corrected chi connectivity index (χ2v) is 4.00. The predicted octanol–water partition coefficient (Wildman–Crippen LogP) is 1.73. The van der Waals surface area contributed by atoms with Crippen LogP contribution in [0.4, 0.5) is 5.69 Å². The third-order valence-corrected chi connectivity index (χ3v) is 2.55. The summed E-state index contributed by atoms with van der Waals surface area (Å²) >= 11 is 0. The van der Waals surface area contributed by atoms with E-state index in [2.05, 4.69) is 35.0 Å². The minimum Gasteiger partial charge on any atom is -0.377 e. The number of hydrogen-bond acceptors (Lipinski definition) is 2. The van der Waals surface area contributed by atoms with Crippen LogP contribution in [0.1, 0.15) is 5.56 Å². The molecule has 0 aliphatic heterocycles. The smallest absolute Gasteiger partial charge is 0.330 e. The lowest BCUT2D eigenvalue weighted by Crippen LogP contribution is -2.32. The molecule has 3 nitrogen and oxygen atoms in total. The number of aromatic nitrogens is 2. The first-order chi connectivity index (χ1) is 7.68. The number of anilines is 1. The van der Waals surface area contributed by atoms with Gasteiger partial charge in [-0.15, -0.1) is 0 Å². The molecule has 3 heteroatoms. The van der Waals surface area contributed by atoms with Crippen LogP contribution in [-0.2, 0) is 0 Å². The predicted molar refractivity (Wildman–Crippen MR) is 64.8 cm³/mol. The summed E-state index contributed by atoms with van der Waals surface area (Å²) in [6.45, 7) is 2.06. The van der Waals surface area contributed by atoms with Crippen LogP contribution in [0.2, 0.25) is 0 Å². The van der Waals surface area contributed by atoms with Crippen LogP contribution in [0, 0.1) is 6.92 Å². The Morgan fingerprint density at radius 3 is 2.38 bits per heavy atom. The fourth-order valence-electron chi connectivity index (χ4n) is 1.61. The minimum atomic E-state index is 0.979. The van der Waals surface area contributed by atoms with E-state index >= 15 is 0 Å². The number of nitrogens with zero attached hydrogens (tertiary/aromatic N) is 3. The molecule has 2 aromatic rings. The Hall–Kier alpha value is -1.90. The SMILES string of the molecule is Cc1cccnc1-[n+]1ccc(N(C)C)cc1. The van der Waals surface area contributed by atoms with Crippen molar-refractivity contribution < 1.29 is 4.57 Å². The highest BCUT2D eigenvalue weighted by Crippen LogP contribution is 2.08. The van der Waals surface area contributed by atoms with E-state index in [9.17, 15) is 0 Å². The summed E-state index contributed by atoms with van der Waals surface area (Å²) in [5.74, 6) is 0.979. The summed E-state index contributed by atoms with van der Waals surface area (Å²) in [5, 5.41) is 0. The lowest BCUT2D eigenvalue weighted by Gasteiger charge is -2.11. The first-order valence-corrected chi connectivity index (χ1v) is 5.29. The van der Waals surface area contributed by atoms with Crippen molar-refractivity contribution in [1.29, 1.82) is 0 Å². The van der Waals surface area contributed by atoms with Crippen LogP contribution in [-0.4, -0.2) is 19.1 Å². The molecule has 2 rings (SSSR count). The third kappa shape index (κ3) is 2.03. The van der Waals surface area contributed by atoms with Gasteiger partial charge in [-0.25, -0.2) is 4.57 Å². The third-order valence-electron chi connectivity index (χ3n) is 2.55. The number of rotatable bonds is 2. The molecule has 0 aliphatic carbocycles. The Labute approximate surface area is 96.0 Å². The van der Waals surface area contributed by atoms with Crippen LogP contribution in [0.3, 0.4) is 0 Å². The molecule has 0 saturated carbocycles. The van der Waals surface area contributed by atoms with E-state index in [1.54, 1.807) is 0 Å². The van der Waals surface area contributed by atoms with Crippen LogP contribution in [0.5, 0.6) is 0 Å².